The number of hydrogen-bond acceptors (Lipinski definition) is 3. The van der Waals surface area contributed by atoms with E-state index in [0.717, 1.165) is 11.3 Å². The first-order valence-corrected chi connectivity index (χ1v) is 7.89. The van der Waals surface area contributed by atoms with Gasteiger partial charge in [-0.2, -0.15) is 0 Å². The Balaban J connectivity index is 1.64. The van der Waals surface area contributed by atoms with Crippen molar-refractivity contribution in [3.8, 4) is 0 Å². The molecule has 1 amide bonds. The second-order valence-electron chi connectivity index (χ2n) is 4.88. The SMILES string of the molecule is O=C(O)CC1CN(C(=O)CSCc2ccc(Cl)cc2)C1. The van der Waals surface area contributed by atoms with Crippen LogP contribution in [-0.2, 0) is 15.3 Å². The maximum Gasteiger partial charge on any atom is 0.303 e. The molecule has 20 heavy (non-hydrogen) atoms. The molecule has 1 N–H and O–H groups in total. The number of carboxylic acid groups (broad SMARTS) is 1. The number of likely N-dealkylation sites (tertiary alicyclic amines) is 1. The highest BCUT2D eigenvalue weighted by Gasteiger charge is 2.31. The third-order valence-electron chi connectivity index (χ3n) is 3.18. The summed E-state index contributed by atoms with van der Waals surface area (Å²) in [7, 11) is 0. The molecule has 1 aliphatic rings. The summed E-state index contributed by atoms with van der Waals surface area (Å²) in [6.07, 6.45) is 0.154. The van der Waals surface area contributed by atoms with Crippen LogP contribution in [0.2, 0.25) is 5.02 Å². The molecule has 1 heterocycles. The van der Waals surface area contributed by atoms with Gasteiger partial charge in [0.1, 0.15) is 0 Å². The normalized spacial score (nSPS) is 14.9. The predicted octanol–water partition coefficient (Wildman–Crippen LogP) is 2.51. The van der Waals surface area contributed by atoms with Crippen molar-refractivity contribution in [3.05, 3.63) is 34.9 Å². The number of thioether (sulfide) groups is 1. The standard InChI is InChI=1S/C14H16ClNO3S/c15-12-3-1-10(2-4-12)8-20-9-13(17)16-6-11(7-16)5-14(18)19/h1-4,11H,5-9H2,(H,18,19). The molecule has 0 aromatic heterocycles. The van der Waals surface area contributed by atoms with Gasteiger partial charge in [0, 0.05) is 29.8 Å². The lowest BCUT2D eigenvalue weighted by Crippen LogP contribution is -2.51. The van der Waals surface area contributed by atoms with E-state index in [0.29, 0.717) is 23.9 Å². The number of benzene rings is 1. The predicted molar refractivity (Wildman–Crippen MR) is 79.9 cm³/mol. The fraction of sp³-hybridized carbons (Fsp3) is 0.429. The number of hydrogen-bond donors (Lipinski definition) is 1. The summed E-state index contributed by atoms with van der Waals surface area (Å²) in [5, 5.41) is 9.35. The molecule has 1 aromatic rings. The Bertz CT molecular complexity index is 486. The summed E-state index contributed by atoms with van der Waals surface area (Å²) in [6.45, 7) is 1.15. The Labute approximate surface area is 127 Å². The highest BCUT2D eigenvalue weighted by atomic mass is 35.5. The molecule has 0 radical (unpaired) electrons. The monoisotopic (exact) mass is 313 g/mol. The molecule has 4 nitrogen and oxygen atoms in total. The molecule has 0 bridgehead atoms. The maximum absolute atomic E-state index is 11.8. The van der Waals surface area contributed by atoms with Crippen LogP contribution in [0.5, 0.6) is 0 Å². The van der Waals surface area contributed by atoms with Crippen LogP contribution in [0.4, 0.5) is 0 Å². The van der Waals surface area contributed by atoms with E-state index in [4.69, 9.17) is 16.7 Å². The van der Waals surface area contributed by atoms with Crippen LogP contribution in [0.3, 0.4) is 0 Å². The Morgan fingerprint density at radius 2 is 1.95 bits per heavy atom. The van der Waals surface area contributed by atoms with E-state index in [1.807, 2.05) is 24.3 Å². The molecule has 1 aromatic carbocycles. The Kier molecular flexibility index (Phi) is 5.31. The molecule has 2 rings (SSSR count). The van der Waals surface area contributed by atoms with Crippen molar-refractivity contribution in [3.63, 3.8) is 0 Å². The van der Waals surface area contributed by atoms with E-state index in [-0.39, 0.29) is 18.2 Å². The summed E-state index contributed by atoms with van der Waals surface area (Å²) < 4.78 is 0. The fourth-order valence-corrected chi connectivity index (χ4v) is 3.09. The summed E-state index contributed by atoms with van der Waals surface area (Å²) in [5.74, 6) is 0.625. The fourth-order valence-electron chi connectivity index (χ4n) is 2.08. The van der Waals surface area contributed by atoms with Crippen molar-refractivity contribution in [2.24, 2.45) is 5.92 Å². The van der Waals surface area contributed by atoms with Gasteiger partial charge >= 0.3 is 5.97 Å². The number of carbonyl (C=O) groups is 2. The lowest BCUT2D eigenvalue weighted by molar-refractivity contribution is -0.143. The molecule has 1 fully saturated rings. The summed E-state index contributed by atoms with van der Waals surface area (Å²) in [5.41, 5.74) is 1.14. The van der Waals surface area contributed by atoms with Gasteiger partial charge in [0.05, 0.1) is 12.2 Å². The average molecular weight is 314 g/mol. The summed E-state index contributed by atoms with van der Waals surface area (Å²) in [6, 6.07) is 7.58. The van der Waals surface area contributed by atoms with Gasteiger partial charge in [-0.15, -0.1) is 11.8 Å². The number of carbonyl (C=O) groups excluding carboxylic acids is 1. The van der Waals surface area contributed by atoms with Crippen molar-refractivity contribution < 1.29 is 14.7 Å². The first kappa shape index (κ1) is 15.2. The highest BCUT2D eigenvalue weighted by molar-refractivity contribution is 7.99. The van der Waals surface area contributed by atoms with Gasteiger partial charge in [-0.05, 0) is 17.7 Å². The van der Waals surface area contributed by atoms with Crippen LogP contribution in [0.15, 0.2) is 24.3 Å². The maximum atomic E-state index is 11.8. The zero-order chi connectivity index (χ0) is 14.5. The number of carboxylic acids is 1. The molecule has 0 unspecified atom stereocenters. The molecule has 1 aliphatic heterocycles. The third kappa shape index (κ3) is 4.42. The van der Waals surface area contributed by atoms with Gasteiger partial charge in [-0.3, -0.25) is 9.59 Å². The summed E-state index contributed by atoms with van der Waals surface area (Å²) in [4.78, 5) is 24.1. The van der Waals surface area contributed by atoms with Crippen LogP contribution < -0.4 is 0 Å². The van der Waals surface area contributed by atoms with E-state index < -0.39 is 5.97 Å². The van der Waals surface area contributed by atoms with E-state index in [9.17, 15) is 9.59 Å². The molecular formula is C14H16ClNO3S. The Morgan fingerprint density at radius 1 is 1.30 bits per heavy atom. The number of halogens is 1. The lowest BCUT2D eigenvalue weighted by atomic mass is 9.96. The van der Waals surface area contributed by atoms with Gasteiger partial charge in [-0.1, -0.05) is 23.7 Å². The minimum absolute atomic E-state index is 0.0885. The van der Waals surface area contributed by atoms with Gasteiger partial charge in [-0.25, -0.2) is 0 Å². The van der Waals surface area contributed by atoms with Crippen molar-refractivity contribution in [1.82, 2.24) is 4.90 Å². The van der Waals surface area contributed by atoms with Crippen molar-refractivity contribution in [1.29, 1.82) is 0 Å². The molecule has 6 heteroatoms. The molecule has 1 saturated heterocycles. The topological polar surface area (TPSA) is 57.6 Å². The first-order valence-electron chi connectivity index (χ1n) is 6.36. The largest absolute Gasteiger partial charge is 0.481 e. The zero-order valence-electron chi connectivity index (χ0n) is 10.9. The first-order chi connectivity index (χ1) is 9.54. The van der Waals surface area contributed by atoms with Crippen molar-refractivity contribution in [2.75, 3.05) is 18.8 Å². The van der Waals surface area contributed by atoms with Gasteiger partial charge in [0.15, 0.2) is 0 Å². The molecular weight excluding hydrogens is 298 g/mol. The second kappa shape index (κ2) is 6.99. The van der Waals surface area contributed by atoms with E-state index in [2.05, 4.69) is 0 Å². The number of nitrogens with zero attached hydrogens (tertiary/aromatic N) is 1. The van der Waals surface area contributed by atoms with Crippen molar-refractivity contribution >= 4 is 35.2 Å². The van der Waals surface area contributed by atoms with Crippen LogP contribution in [-0.4, -0.2) is 40.7 Å². The lowest BCUT2D eigenvalue weighted by Gasteiger charge is -2.38. The Hall–Kier alpha value is -1.20. The van der Waals surface area contributed by atoms with E-state index in [1.54, 1.807) is 16.7 Å². The quantitative estimate of drug-likeness (QED) is 0.876. The minimum Gasteiger partial charge on any atom is -0.481 e. The minimum atomic E-state index is -0.792. The van der Waals surface area contributed by atoms with Crippen LogP contribution in [0, 0.1) is 5.92 Å². The van der Waals surface area contributed by atoms with Gasteiger partial charge in [0.25, 0.3) is 0 Å². The molecule has 0 aliphatic carbocycles. The number of amides is 1. The average Bonchev–Trinajstić information content (AvgIpc) is 2.35. The third-order valence-corrected chi connectivity index (χ3v) is 4.42. The number of rotatable bonds is 6. The molecule has 0 spiro atoms. The Morgan fingerprint density at radius 3 is 2.55 bits per heavy atom. The van der Waals surface area contributed by atoms with E-state index >= 15 is 0 Å². The van der Waals surface area contributed by atoms with E-state index in [1.165, 1.54) is 0 Å². The second-order valence-corrected chi connectivity index (χ2v) is 6.30. The zero-order valence-corrected chi connectivity index (χ0v) is 12.5. The molecule has 0 atom stereocenters. The smallest absolute Gasteiger partial charge is 0.303 e. The van der Waals surface area contributed by atoms with Gasteiger partial charge in [0.2, 0.25) is 5.91 Å². The number of aliphatic carboxylic acids is 1. The van der Waals surface area contributed by atoms with Crippen LogP contribution >= 0.6 is 23.4 Å². The van der Waals surface area contributed by atoms with Crippen molar-refractivity contribution in [2.45, 2.75) is 12.2 Å². The molecule has 108 valence electrons. The molecule has 0 saturated carbocycles. The summed E-state index contributed by atoms with van der Waals surface area (Å²) >= 11 is 7.37. The van der Waals surface area contributed by atoms with Crippen LogP contribution in [0.25, 0.3) is 0 Å². The van der Waals surface area contributed by atoms with Gasteiger partial charge < -0.3 is 10.0 Å². The van der Waals surface area contributed by atoms with Crippen LogP contribution in [0.1, 0.15) is 12.0 Å². The highest BCUT2D eigenvalue weighted by Crippen LogP contribution is 2.21.